The van der Waals surface area contributed by atoms with Crippen molar-refractivity contribution in [3.05, 3.63) is 0 Å². The van der Waals surface area contributed by atoms with Gasteiger partial charge in [0.25, 0.3) is 0 Å². The van der Waals surface area contributed by atoms with Crippen LogP contribution in [0, 0.1) is 0 Å². The third-order valence-electron chi connectivity index (χ3n) is 2.46. The van der Waals surface area contributed by atoms with Crippen LogP contribution in [0.25, 0.3) is 0 Å². The van der Waals surface area contributed by atoms with Crippen molar-refractivity contribution >= 4 is 6.03 Å². The number of hydrogen-bond acceptors (Lipinski definition) is 2. The summed E-state index contributed by atoms with van der Waals surface area (Å²) < 4.78 is 0. The van der Waals surface area contributed by atoms with Crippen LogP contribution in [0.3, 0.4) is 0 Å². The summed E-state index contributed by atoms with van der Waals surface area (Å²) in [5.41, 5.74) is 0. The highest BCUT2D eigenvalue weighted by Crippen LogP contribution is 2.17. The fourth-order valence-corrected chi connectivity index (χ4v) is 1.61. The van der Waals surface area contributed by atoms with Gasteiger partial charge in [0.2, 0.25) is 0 Å². The zero-order valence-corrected chi connectivity index (χ0v) is 8.12. The van der Waals surface area contributed by atoms with E-state index in [1.807, 2.05) is 0 Å². The van der Waals surface area contributed by atoms with E-state index in [0.29, 0.717) is 12.6 Å². The Bertz CT molecular complexity index is 167. The summed E-state index contributed by atoms with van der Waals surface area (Å²) >= 11 is 0. The molecular weight excluding hydrogens is 168 g/mol. The molecule has 1 aliphatic rings. The topological polar surface area (TPSA) is 52.6 Å². The molecule has 0 aromatic heterocycles. The molecule has 0 heterocycles. The summed E-state index contributed by atoms with van der Waals surface area (Å²) in [6.07, 6.45) is 4.63. The van der Waals surface area contributed by atoms with E-state index >= 15 is 0 Å². The fraction of sp³-hybridized carbons (Fsp3) is 0.889. The van der Waals surface area contributed by atoms with E-state index in [0.717, 1.165) is 12.8 Å². The zero-order chi connectivity index (χ0) is 9.68. The number of nitrogens with one attached hydrogen (secondary N) is 1. The van der Waals surface area contributed by atoms with Crippen LogP contribution in [0.5, 0.6) is 0 Å². The van der Waals surface area contributed by atoms with Crippen molar-refractivity contribution in [2.75, 3.05) is 20.2 Å². The molecule has 2 amide bonds. The third kappa shape index (κ3) is 3.22. The summed E-state index contributed by atoms with van der Waals surface area (Å²) in [6, 6.07) is 0.287. The number of likely N-dealkylation sites (N-methyl/N-ethyl adjacent to an activating group) is 1. The minimum atomic E-state index is -0.0686. The van der Waals surface area contributed by atoms with Crippen molar-refractivity contribution in [2.24, 2.45) is 0 Å². The summed E-state index contributed by atoms with van der Waals surface area (Å²) in [5.74, 6) is 0. The summed E-state index contributed by atoms with van der Waals surface area (Å²) in [7, 11) is 1.69. The number of urea groups is 1. The minimum absolute atomic E-state index is 0.0224. The lowest BCUT2D eigenvalue weighted by Gasteiger charge is -2.19. The number of carbonyl (C=O) groups excluding carboxylic acids is 1. The van der Waals surface area contributed by atoms with Crippen LogP contribution in [0.2, 0.25) is 0 Å². The van der Waals surface area contributed by atoms with Gasteiger partial charge >= 0.3 is 6.03 Å². The molecule has 0 aromatic rings. The van der Waals surface area contributed by atoms with E-state index in [4.69, 9.17) is 5.11 Å². The maximum Gasteiger partial charge on any atom is 0.317 e. The van der Waals surface area contributed by atoms with Gasteiger partial charge in [0.1, 0.15) is 0 Å². The van der Waals surface area contributed by atoms with Gasteiger partial charge in [-0.1, -0.05) is 12.8 Å². The van der Waals surface area contributed by atoms with Crippen molar-refractivity contribution in [1.29, 1.82) is 0 Å². The van der Waals surface area contributed by atoms with E-state index in [1.54, 1.807) is 7.05 Å². The molecule has 0 aliphatic heterocycles. The zero-order valence-electron chi connectivity index (χ0n) is 8.12. The number of carbonyl (C=O) groups is 1. The Hall–Kier alpha value is -0.770. The van der Waals surface area contributed by atoms with Crippen molar-refractivity contribution in [3.63, 3.8) is 0 Å². The summed E-state index contributed by atoms with van der Waals surface area (Å²) in [6.45, 7) is 0.424. The number of amides is 2. The normalized spacial score (nSPS) is 17.4. The molecule has 1 fully saturated rings. The number of aliphatic hydroxyl groups is 1. The number of hydrogen-bond donors (Lipinski definition) is 2. The summed E-state index contributed by atoms with van der Waals surface area (Å²) in [4.78, 5) is 12.9. The van der Waals surface area contributed by atoms with E-state index in [2.05, 4.69) is 5.32 Å². The minimum Gasteiger partial charge on any atom is -0.395 e. The van der Waals surface area contributed by atoms with E-state index in [-0.39, 0.29) is 12.6 Å². The Morgan fingerprint density at radius 1 is 1.54 bits per heavy atom. The molecule has 2 N–H and O–H groups in total. The molecular formula is C9H18N2O2. The number of aliphatic hydroxyl groups excluding tert-OH is 1. The maximum atomic E-state index is 11.4. The molecule has 0 aromatic carbocycles. The van der Waals surface area contributed by atoms with Gasteiger partial charge in [0.05, 0.1) is 6.61 Å². The predicted octanol–water partition coefficient (Wildman–Crippen LogP) is 0.563. The molecule has 0 atom stereocenters. The molecule has 0 radical (unpaired) electrons. The molecule has 4 heteroatoms. The van der Waals surface area contributed by atoms with Gasteiger partial charge in [0.15, 0.2) is 0 Å². The van der Waals surface area contributed by atoms with E-state index < -0.39 is 0 Å². The van der Waals surface area contributed by atoms with Gasteiger partial charge in [-0.25, -0.2) is 4.79 Å². The van der Waals surface area contributed by atoms with Crippen molar-refractivity contribution in [3.8, 4) is 0 Å². The second kappa shape index (κ2) is 5.07. The first-order chi connectivity index (χ1) is 6.24. The Morgan fingerprint density at radius 3 is 2.69 bits per heavy atom. The van der Waals surface area contributed by atoms with Gasteiger partial charge in [0, 0.05) is 19.6 Å². The van der Waals surface area contributed by atoms with Crippen LogP contribution < -0.4 is 5.32 Å². The highest BCUT2D eigenvalue weighted by molar-refractivity contribution is 5.74. The van der Waals surface area contributed by atoms with E-state index in [9.17, 15) is 4.79 Å². The molecule has 13 heavy (non-hydrogen) atoms. The smallest absolute Gasteiger partial charge is 0.317 e. The van der Waals surface area contributed by atoms with Gasteiger partial charge in [-0.05, 0) is 12.8 Å². The quantitative estimate of drug-likeness (QED) is 0.676. The molecule has 0 saturated heterocycles. The monoisotopic (exact) mass is 186 g/mol. The van der Waals surface area contributed by atoms with Crippen molar-refractivity contribution in [2.45, 2.75) is 31.7 Å². The standard InChI is InChI=1S/C9H18N2O2/c1-11(6-7-12)9(13)10-8-4-2-3-5-8/h8,12H,2-7H2,1H3,(H,10,13). The van der Waals surface area contributed by atoms with E-state index in [1.165, 1.54) is 17.7 Å². The maximum absolute atomic E-state index is 11.4. The SMILES string of the molecule is CN(CCO)C(=O)NC1CCCC1. The van der Waals surface area contributed by atoms with Crippen molar-refractivity contribution < 1.29 is 9.90 Å². The fourth-order valence-electron chi connectivity index (χ4n) is 1.61. The Morgan fingerprint density at radius 2 is 2.15 bits per heavy atom. The van der Waals surface area contributed by atoms with Gasteiger partial charge in [-0.15, -0.1) is 0 Å². The van der Waals surface area contributed by atoms with Gasteiger partial charge in [-0.2, -0.15) is 0 Å². The van der Waals surface area contributed by atoms with Crippen LogP contribution >= 0.6 is 0 Å². The Labute approximate surface area is 78.9 Å². The first-order valence-corrected chi connectivity index (χ1v) is 4.86. The average Bonchev–Trinajstić information content (AvgIpc) is 2.57. The number of nitrogens with zero attached hydrogens (tertiary/aromatic N) is 1. The van der Waals surface area contributed by atoms with Crippen LogP contribution in [0.15, 0.2) is 0 Å². The number of rotatable bonds is 3. The van der Waals surface area contributed by atoms with Gasteiger partial charge < -0.3 is 15.3 Å². The van der Waals surface area contributed by atoms with Gasteiger partial charge in [-0.3, -0.25) is 0 Å². The van der Waals surface area contributed by atoms with Crippen molar-refractivity contribution in [1.82, 2.24) is 10.2 Å². The highest BCUT2D eigenvalue weighted by Gasteiger charge is 2.18. The first kappa shape index (κ1) is 10.3. The average molecular weight is 186 g/mol. The highest BCUT2D eigenvalue weighted by atomic mass is 16.3. The lowest BCUT2D eigenvalue weighted by molar-refractivity contribution is 0.187. The Kier molecular flexibility index (Phi) is 4.02. The first-order valence-electron chi connectivity index (χ1n) is 4.86. The van der Waals surface area contributed by atoms with Crippen LogP contribution in [-0.4, -0.2) is 42.3 Å². The molecule has 4 nitrogen and oxygen atoms in total. The van der Waals surface area contributed by atoms with Crippen LogP contribution in [0.4, 0.5) is 4.79 Å². The largest absolute Gasteiger partial charge is 0.395 e. The molecule has 1 saturated carbocycles. The Balaban J connectivity index is 2.22. The molecule has 76 valence electrons. The van der Waals surface area contributed by atoms with Crippen LogP contribution in [-0.2, 0) is 0 Å². The molecule has 1 rings (SSSR count). The lowest BCUT2D eigenvalue weighted by atomic mass is 10.2. The second-order valence-electron chi connectivity index (χ2n) is 3.58. The predicted molar refractivity (Wildman–Crippen MR) is 50.5 cm³/mol. The molecule has 0 bridgehead atoms. The third-order valence-corrected chi connectivity index (χ3v) is 2.46. The van der Waals surface area contributed by atoms with Crippen LogP contribution in [0.1, 0.15) is 25.7 Å². The second-order valence-corrected chi connectivity index (χ2v) is 3.58. The molecule has 0 unspecified atom stereocenters. The summed E-state index contributed by atoms with van der Waals surface area (Å²) in [5, 5.41) is 11.6. The lowest BCUT2D eigenvalue weighted by Crippen LogP contribution is -2.43. The molecule has 1 aliphatic carbocycles. The molecule has 0 spiro atoms.